The molecule has 0 aliphatic carbocycles. The Hall–Kier alpha value is -3.44. The van der Waals surface area contributed by atoms with Crippen LogP contribution in [0.25, 0.3) is 44.4 Å². The molecule has 2 heterocycles. The molecule has 3 aromatic carbocycles. The SMILES string of the molecule is CN(C)c1c(-c2ccccc2)c(Cl)nc2ccc(-c3ccnc(-c4ccc(Cl)cc4)c3CO)cc12. The monoisotopic (exact) mass is 499 g/mol. The molecule has 0 bridgehead atoms. The molecule has 0 unspecified atom stereocenters. The van der Waals surface area contributed by atoms with Gasteiger partial charge in [-0.3, -0.25) is 4.98 Å². The molecule has 0 fully saturated rings. The van der Waals surface area contributed by atoms with Crippen molar-refractivity contribution in [3.05, 3.63) is 101 Å². The molecule has 1 N–H and O–H groups in total. The van der Waals surface area contributed by atoms with E-state index in [1.165, 1.54) is 0 Å². The zero-order chi connectivity index (χ0) is 24.5. The first-order chi connectivity index (χ1) is 17.0. The van der Waals surface area contributed by atoms with E-state index in [-0.39, 0.29) is 6.61 Å². The summed E-state index contributed by atoms with van der Waals surface area (Å²) in [4.78, 5) is 11.3. The smallest absolute Gasteiger partial charge is 0.139 e. The van der Waals surface area contributed by atoms with Crippen LogP contribution in [-0.2, 0) is 6.61 Å². The molecule has 0 spiro atoms. The van der Waals surface area contributed by atoms with Crippen LogP contribution in [0.3, 0.4) is 0 Å². The van der Waals surface area contributed by atoms with Crippen molar-refractivity contribution in [2.75, 3.05) is 19.0 Å². The van der Waals surface area contributed by atoms with Gasteiger partial charge in [0, 0.05) is 47.4 Å². The number of halogens is 2. The highest BCUT2D eigenvalue weighted by Gasteiger charge is 2.19. The van der Waals surface area contributed by atoms with Gasteiger partial charge in [0.15, 0.2) is 0 Å². The Morgan fingerprint density at radius 3 is 2.23 bits per heavy atom. The van der Waals surface area contributed by atoms with E-state index in [4.69, 9.17) is 28.2 Å². The van der Waals surface area contributed by atoms with Gasteiger partial charge in [0.25, 0.3) is 0 Å². The zero-order valence-corrected chi connectivity index (χ0v) is 20.8. The second kappa shape index (κ2) is 9.67. The summed E-state index contributed by atoms with van der Waals surface area (Å²) in [6.07, 6.45) is 1.77. The van der Waals surface area contributed by atoms with Crippen LogP contribution in [0, 0.1) is 0 Å². The summed E-state index contributed by atoms with van der Waals surface area (Å²) in [5.74, 6) is 0. The van der Waals surface area contributed by atoms with Gasteiger partial charge in [-0.15, -0.1) is 0 Å². The van der Waals surface area contributed by atoms with Gasteiger partial charge in [-0.05, 0) is 47.0 Å². The summed E-state index contributed by atoms with van der Waals surface area (Å²) < 4.78 is 0. The number of aliphatic hydroxyl groups excluding tert-OH is 1. The maximum absolute atomic E-state index is 10.4. The number of aliphatic hydroxyl groups is 1. The number of rotatable bonds is 5. The average molecular weight is 500 g/mol. The molecule has 0 atom stereocenters. The number of hydrogen-bond acceptors (Lipinski definition) is 4. The number of hydrogen-bond donors (Lipinski definition) is 1. The third kappa shape index (κ3) is 4.37. The number of pyridine rings is 2. The zero-order valence-electron chi connectivity index (χ0n) is 19.3. The minimum atomic E-state index is -0.145. The molecule has 4 nitrogen and oxygen atoms in total. The van der Waals surface area contributed by atoms with E-state index in [2.05, 4.69) is 16.0 Å². The molecule has 0 saturated heterocycles. The minimum Gasteiger partial charge on any atom is -0.392 e. The van der Waals surface area contributed by atoms with Gasteiger partial charge in [0.2, 0.25) is 0 Å². The van der Waals surface area contributed by atoms with E-state index >= 15 is 0 Å². The maximum Gasteiger partial charge on any atom is 0.139 e. The second-order valence-electron chi connectivity index (χ2n) is 8.47. The lowest BCUT2D eigenvalue weighted by atomic mass is 9.94. The first-order valence-electron chi connectivity index (χ1n) is 11.2. The topological polar surface area (TPSA) is 49.2 Å². The Balaban J connectivity index is 1.75. The molecule has 5 aromatic rings. The fourth-order valence-electron chi connectivity index (χ4n) is 4.49. The van der Waals surface area contributed by atoms with Crippen LogP contribution in [0.5, 0.6) is 0 Å². The van der Waals surface area contributed by atoms with E-state index in [0.29, 0.717) is 10.2 Å². The van der Waals surface area contributed by atoms with Crippen molar-refractivity contribution >= 4 is 39.8 Å². The third-order valence-corrected chi connectivity index (χ3v) is 6.59. The first kappa shape index (κ1) is 23.3. The summed E-state index contributed by atoms with van der Waals surface area (Å²) in [7, 11) is 4.02. The molecule has 0 aliphatic heterocycles. The fraction of sp³-hybridized carbons (Fsp3) is 0.103. The van der Waals surface area contributed by atoms with Crippen LogP contribution in [0.4, 0.5) is 5.69 Å². The van der Waals surface area contributed by atoms with Crippen LogP contribution in [0.1, 0.15) is 5.56 Å². The Labute approximate surface area is 214 Å². The molecule has 174 valence electrons. The molecular weight excluding hydrogens is 477 g/mol. The van der Waals surface area contributed by atoms with Crippen LogP contribution < -0.4 is 4.90 Å². The first-order valence-corrected chi connectivity index (χ1v) is 11.9. The molecule has 0 radical (unpaired) electrons. The summed E-state index contributed by atoms with van der Waals surface area (Å²) in [5, 5.41) is 12.5. The van der Waals surface area contributed by atoms with Gasteiger partial charge in [-0.25, -0.2) is 4.98 Å². The van der Waals surface area contributed by atoms with Crippen molar-refractivity contribution in [1.29, 1.82) is 0 Å². The molecule has 5 rings (SSSR count). The Kier molecular flexibility index (Phi) is 6.44. The lowest BCUT2D eigenvalue weighted by Gasteiger charge is -2.22. The number of aromatic nitrogens is 2. The van der Waals surface area contributed by atoms with Crippen LogP contribution in [-0.4, -0.2) is 29.2 Å². The van der Waals surface area contributed by atoms with Crippen molar-refractivity contribution in [2.45, 2.75) is 6.61 Å². The van der Waals surface area contributed by atoms with Crippen molar-refractivity contribution in [1.82, 2.24) is 9.97 Å². The normalized spacial score (nSPS) is 11.1. The molecule has 35 heavy (non-hydrogen) atoms. The maximum atomic E-state index is 10.4. The number of benzene rings is 3. The Morgan fingerprint density at radius 1 is 0.829 bits per heavy atom. The van der Waals surface area contributed by atoms with Gasteiger partial charge >= 0.3 is 0 Å². The Bertz CT molecular complexity index is 1520. The van der Waals surface area contributed by atoms with Crippen LogP contribution >= 0.6 is 23.2 Å². The van der Waals surface area contributed by atoms with Crippen molar-refractivity contribution in [2.24, 2.45) is 0 Å². The summed E-state index contributed by atoms with van der Waals surface area (Å²) in [6, 6.07) is 25.6. The van der Waals surface area contributed by atoms with Crippen molar-refractivity contribution < 1.29 is 5.11 Å². The predicted molar refractivity (Wildman–Crippen MR) is 146 cm³/mol. The molecule has 0 amide bonds. The summed E-state index contributed by atoms with van der Waals surface area (Å²) in [6.45, 7) is -0.145. The predicted octanol–water partition coefficient (Wildman–Crippen LogP) is 7.50. The molecular formula is C29H23Cl2N3O. The van der Waals surface area contributed by atoms with Crippen molar-refractivity contribution in [3.63, 3.8) is 0 Å². The van der Waals surface area contributed by atoms with Gasteiger partial charge in [0.1, 0.15) is 5.15 Å². The molecule has 0 aliphatic rings. The number of anilines is 1. The van der Waals surface area contributed by atoms with Crippen LogP contribution in [0.2, 0.25) is 10.2 Å². The van der Waals surface area contributed by atoms with Crippen molar-refractivity contribution in [3.8, 4) is 33.5 Å². The van der Waals surface area contributed by atoms with Gasteiger partial charge < -0.3 is 10.0 Å². The Morgan fingerprint density at radius 2 is 1.54 bits per heavy atom. The van der Waals surface area contributed by atoms with Gasteiger partial charge in [-0.1, -0.05) is 71.7 Å². The number of nitrogens with zero attached hydrogens (tertiary/aromatic N) is 3. The van der Waals surface area contributed by atoms with E-state index in [1.807, 2.05) is 86.9 Å². The summed E-state index contributed by atoms with van der Waals surface area (Å²) >= 11 is 12.8. The summed E-state index contributed by atoms with van der Waals surface area (Å²) in [5.41, 5.74) is 7.95. The van der Waals surface area contributed by atoms with Gasteiger partial charge in [0.05, 0.1) is 23.5 Å². The largest absolute Gasteiger partial charge is 0.392 e. The average Bonchev–Trinajstić information content (AvgIpc) is 2.88. The van der Waals surface area contributed by atoms with E-state index in [9.17, 15) is 5.11 Å². The number of fused-ring (bicyclic) bond motifs is 1. The van der Waals surface area contributed by atoms with Gasteiger partial charge in [-0.2, -0.15) is 0 Å². The third-order valence-electron chi connectivity index (χ3n) is 6.07. The highest BCUT2D eigenvalue weighted by atomic mass is 35.5. The van der Waals surface area contributed by atoms with E-state index in [0.717, 1.165) is 55.7 Å². The molecule has 2 aromatic heterocycles. The second-order valence-corrected chi connectivity index (χ2v) is 9.26. The highest BCUT2D eigenvalue weighted by molar-refractivity contribution is 6.34. The lowest BCUT2D eigenvalue weighted by molar-refractivity contribution is 0.282. The molecule has 0 saturated carbocycles. The standard InChI is InChI=1S/C29H23Cl2N3O/c1-34(2)28-23-16-20(10-13-25(23)33-29(31)26(28)18-6-4-3-5-7-18)22-14-15-32-27(24(22)17-35)19-8-11-21(30)12-9-19/h3-16,35H,17H2,1-2H3. The van der Waals surface area contributed by atoms with Crippen LogP contribution in [0.15, 0.2) is 85.1 Å². The molecule has 6 heteroatoms. The quantitative estimate of drug-likeness (QED) is 0.254. The lowest BCUT2D eigenvalue weighted by Crippen LogP contribution is -2.11. The highest BCUT2D eigenvalue weighted by Crippen LogP contribution is 2.42. The minimum absolute atomic E-state index is 0.145. The van der Waals surface area contributed by atoms with E-state index in [1.54, 1.807) is 6.20 Å². The fourth-order valence-corrected chi connectivity index (χ4v) is 4.91. The van der Waals surface area contributed by atoms with E-state index < -0.39 is 0 Å².